The lowest BCUT2D eigenvalue weighted by molar-refractivity contribution is -0.0503. The molecule has 4 aliphatic carbocycles. The Labute approximate surface area is 163 Å². The molecule has 2 amide bonds. The second kappa shape index (κ2) is 7.12. The predicted molar refractivity (Wildman–Crippen MR) is 107 cm³/mol. The van der Waals surface area contributed by atoms with Gasteiger partial charge in [-0.05, 0) is 67.3 Å². The van der Waals surface area contributed by atoms with Crippen LogP contribution in [-0.4, -0.2) is 48.6 Å². The fraction of sp³-hybridized carbons (Fsp3) is 0.696. The number of nitrogens with zero attached hydrogens (tertiary/aromatic N) is 2. The summed E-state index contributed by atoms with van der Waals surface area (Å²) < 4.78 is 0. The molecule has 1 aromatic carbocycles. The fourth-order valence-electron chi connectivity index (χ4n) is 6.83. The number of benzene rings is 1. The third-order valence-corrected chi connectivity index (χ3v) is 7.69. The van der Waals surface area contributed by atoms with E-state index in [0.29, 0.717) is 5.41 Å². The van der Waals surface area contributed by atoms with E-state index in [2.05, 4.69) is 40.5 Å². The molecule has 0 unspecified atom stereocenters. The minimum atomic E-state index is 0.171. The molecule has 0 radical (unpaired) electrons. The second-order valence-corrected chi connectivity index (χ2v) is 9.83. The lowest BCUT2D eigenvalue weighted by Crippen LogP contribution is -2.55. The van der Waals surface area contributed by atoms with Crippen molar-refractivity contribution in [1.82, 2.24) is 15.1 Å². The van der Waals surface area contributed by atoms with Crippen LogP contribution in [0.2, 0.25) is 0 Å². The smallest absolute Gasteiger partial charge is 0.317 e. The summed E-state index contributed by atoms with van der Waals surface area (Å²) in [7, 11) is 0. The van der Waals surface area contributed by atoms with Gasteiger partial charge in [0, 0.05) is 39.3 Å². The van der Waals surface area contributed by atoms with Crippen LogP contribution >= 0.6 is 0 Å². The Kier molecular flexibility index (Phi) is 4.63. The first-order valence-corrected chi connectivity index (χ1v) is 11.0. The molecule has 1 N–H and O–H groups in total. The van der Waals surface area contributed by atoms with Crippen molar-refractivity contribution >= 4 is 6.03 Å². The van der Waals surface area contributed by atoms with E-state index < -0.39 is 0 Å². The van der Waals surface area contributed by atoms with Gasteiger partial charge in [0.15, 0.2) is 0 Å². The highest BCUT2D eigenvalue weighted by Crippen LogP contribution is 2.59. The number of nitrogens with one attached hydrogen (secondary N) is 1. The van der Waals surface area contributed by atoms with Crippen LogP contribution < -0.4 is 5.32 Å². The van der Waals surface area contributed by atoms with Crippen molar-refractivity contribution < 1.29 is 4.79 Å². The average Bonchev–Trinajstić information content (AvgIpc) is 2.67. The highest BCUT2D eigenvalue weighted by atomic mass is 16.2. The van der Waals surface area contributed by atoms with Gasteiger partial charge in [-0.25, -0.2) is 4.79 Å². The van der Waals surface area contributed by atoms with Crippen LogP contribution in [0.15, 0.2) is 30.3 Å². The van der Waals surface area contributed by atoms with E-state index in [0.717, 1.165) is 57.0 Å². The van der Waals surface area contributed by atoms with Crippen molar-refractivity contribution in [2.24, 2.45) is 23.2 Å². The summed E-state index contributed by atoms with van der Waals surface area (Å²) in [5, 5.41) is 3.34. The van der Waals surface area contributed by atoms with E-state index in [-0.39, 0.29) is 6.03 Å². The highest BCUT2D eigenvalue weighted by Gasteiger charge is 2.50. The molecule has 4 bridgehead atoms. The summed E-state index contributed by atoms with van der Waals surface area (Å²) in [4.78, 5) is 17.2. The summed E-state index contributed by atoms with van der Waals surface area (Å²) in [6.45, 7) is 5.54. The Balaban J connectivity index is 1.10. The maximum atomic E-state index is 12.8. The van der Waals surface area contributed by atoms with E-state index in [1.807, 2.05) is 4.90 Å². The van der Waals surface area contributed by atoms with Crippen molar-refractivity contribution in [2.45, 2.75) is 45.1 Å². The summed E-state index contributed by atoms with van der Waals surface area (Å²) >= 11 is 0. The molecule has 0 spiro atoms. The molecule has 4 heteroatoms. The molecule has 0 aromatic heterocycles. The van der Waals surface area contributed by atoms with E-state index >= 15 is 0 Å². The van der Waals surface area contributed by atoms with Crippen molar-refractivity contribution in [3.05, 3.63) is 35.9 Å². The van der Waals surface area contributed by atoms with E-state index in [9.17, 15) is 4.79 Å². The number of carbonyl (C=O) groups excluding carboxylic acids is 1. The van der Waals surface area contributed by atoms with Crippen LogP contribution in [0, 0.1) is 23.2 Å². The van der Waals surface area contributed by atoms with Gasteiger partial charge in [0.25, 0.3) is 0 Å². The number of hydrogen-bond donors (Lipinski definition) is 1. The zero-order valence-electron chi connectivity index (χ0n) is 16.4. The molecule has 1 aromatic rings. The van der Waals surface area contributed by atoms with Crippen LogP contribution in [-0.2, 0) is 6.54 Å². The van der Waals surface area contributed by atoms with Crippen LogP contribution in [0.1, 0.15) is 44.1 Å². The van der Waals surface area contributed by atoms with Gasteiger partial charge in [0.1, 0.15) is 0 Å². The van der Waals surface area contributed by atoms with Gasteiger partial charge in [0.2, 0.25) is 0 Å². The SMILES string of the molecule is O=C(NCC12CC3CC(CC(C3)C1)C2)N1CCN(Cc2ccccc2)CC1. The van der Waals surface area contributed by atoms with E-state index in [4.69, 9.17) is 0 Å². The average molecular weight is 368 g/mol. The van der Waals surface area contributed by atoms with E-state index in [1.54, 1.807) is 0 Å². The Hall–Kier alpha value is -1.55. The molecule has 1 saturated heterocycles. The third kappa shape index (κ3) is 3.73. The molecule has 4 saturated carbocycles. The molecular formula is C23H33N3O. The first-order valence-electron chi connectivity index (χ1n) is 11.0. The predicted octanol–water partition coefficient (Wildman–Crippen LogP) is 3.73. The van der Waals surface area contributed by atoms with Gasteiger partial charge in [-0.2, -0.15) is 0 Å². The molecule has 5 fully saturated rings. The Bertz CT molecular complexity index is 630. The number of amides is 2. The maximum absolute atomic E-state index is 12.8. The highest BCUT2D eigenvalue weighted by molar-refractivity contribution is 5.74. The zero-order valence-corrected chi connectivity index (χ0v) is 16.4. The summed E-state index contributed by atoms with van der Waals surface area (Å²) in [6, 6.07) is 10.8. The first kappa shape index (κ1) is 17.5. The third-order valence-electron chi connectivity index (χ3n) is 7.69. The van der Waals surface area contributed by atoms with Crippen molar-refractivity contribution in [3.8, 4) is 0 Å². The molecule has 0 atom stereocenters. The molecule has 5 aliphatic rings. The fourth-order valence-corrected chi connectivity index (χ4v) is 6.83. The normalized spacial score (nSPS) is 35.4. The number of carbonyl (C=O) groups is 1. The van der Waals surface area contributed by atoms with Gasteiger partial charge in [-0.15, -0.1) is 0 Å². The lowest BCUT2D eigenvalue weighted by atomic mass is 9.49. The van der Waals surface area contributed by atoms with Gasteiger partial charge < -0.3 is 10.2 Å². The Morgan fingerprint density at radius 2 is 1.52 bits per heavy atom. The Morgan fingerprint density at radius 3 is 2.11 bits per heavy atom. The number of piperazine rings is 1. The van der Waals surface area contributed by atoms with Gasteiger partial charge in [-0.3, -0.25) is 4.90 Å². The summed E-state index contributed by atoms with van der Waals surface area (Å²) in [5.74, 6) is 2.86. The number of rotatable bonds is 4. The zero-order chi connectivity index (χ0) is 18.3. The number of hydrogen-bond acceptors (Lipinski definition) is 2. The largest absolute Gasteiger partial charge is 0.337 e. The van der Waals surface area contributed by atoms with Crippen LogP contribution in [0.4, 0.5) is 4.79 Å². The maximum Gasteiger partial charge on any atom is 0.317 e. The summed E-state index contributed by atoms with van der Waals surface area (Å²) in [6.07, 6.45) is 8.50. The quantitative estimate of drug-likeness (QED) is 0.880. The number of urea groups is 1. The lowest BCUT2D eigenvalue weighted by Gasteiger charge is -2.57. The molecule has 27 heavy (non-hydrogen) atoms. The molecule has 146 valence electrons. The molecule has 4 nitrogen and oxygen atoms in total. The van der Waals surface area contributed by atoms with Crippen LogP contribution in [0.25, 0.3) is 0 Å². The van der Waals surface area contributed by atoms with Crippen molar-refractivity contribution in [1.29, 1.82) is 0 Å². The minimum Gasteiger partial charge on any atom is -0.337 e. The molecule has 1 aliphatic heterocycles. The monoisotopic (exact) mass is 367 g/mol. The van der Waals surface area contributed by atoms with Gasteiger partial charge >= 0.3 is 6.03 Å². The topological polar surface area (TPSA) is 35.6 Å². The molecule has 1 heterocycles. The summed E-state index contributed by atoms with van der Waals surface area (Å²) in [5.41, 5.74) is 1.79. The van der Waals surface area contributed by atoms with E-state index in [1.165, 1.54) is 44.1 Å². The van der Waals surface area contributed by atoms with Gasteiger partial charge in [0.05, 0.1) is 0 Å². The first-order chi connectivity index (χ1) is 13.2. The van der Waals surface area contributed by atoms with Crippen molar-refractivity contribution in [3.63, 3.8) is 0 Å². The van der Waals surface area contributed by atoms with Gasteiger partial charge in [-0.1, -0.05) is 30.3 Å². The van der Waals surface area contributed by atoms with Crippen LogP contribution in [0.3, 0.4) is 0 Å². The second-order valence-electron chi connectivity index (χ2n) is 9.83. The van der Waals surface area contributed by atoms with Crippen LogP contribution in [0.5, 0.6) is 0 Å². The minimum absolute atomic E-state index is 0.171. The van der Waals surface area contributed by atoms with Crippen molar-refractivity contribution in [2.75, 3.05) is 32.7 Å². The Morgan fingerprint density at radius 1 is 0.926 bits per heavy atom. The standard InChI is InChI=1S/C23H33N3O/c27-22(24-17-23-13-19-10-20(14-23)12-21(11-19)15-23)26-8-6-25(7-9-26)16-18-4-2-1-3-5-18/h1-5,19-21H,6-17H2,(H,24,27). The molecular weight excluding hydrogens is 334 g/mol. The molecule has 6 rings (SSSR count).